The van der Waals surface area contributed by atoms with Crippen LogP contribution in [-0.2, 0) is 25.7 Å². The first-order valence-electron chi connectivity index (χ1n) is 13.4. The van der Waals surface area contributed by atoms with Gasteiger partial charge < -0.3 is 14.4 Å². The van der Waals surface area contributed by atoms with Gasteiger partial charge in [0.1, 0.15) is 6.61 Å². The molecule has 2 aliphatic rings. The molecule has 2 unspecified atom stereocenters. The molecule has 42 heavy (non-hydrogen) atoms. The first-order chi connectivity index (χ1) is 20.5. The number of H-pyrrole nitrogens is 1. The summed E-state index contributed by atoms with van der Waals surface area (Å²) < 4.78 is 11.5. The fraction of sp³-hybridized carbons (Fsp3) is 0.321. The van der Waals surface area contributed by atoms with E-state index in [2.05, 4.69) is 25.5 Å². The molecule has 1 aliphatic heterocycles. The Labute approximate surface area is 246 Å². The molecule has 0 bridgehead atoms. The lowest BCUT2D eigenvalue weighted by Crippen LogP contribution is -2.44. The minimum atomic E-state index is -0.408. The van der Waals surface area contributed by atoms with Gasteiger partial charge in [-0.2, -0.15) is 17.0 Å². The van der Waals surface area contributed by atoms with Crippen LogP contribution in [0.15, 0.2) is 77.3 Å². The van der Waals surface area contributed by atoms with Crippen molar-refractivity contribution in [3.63, 3.8) is 0 Å². The Hall–Kier alpha value is -4.08. The number of benzene rings is 2. The second kappa shape index (κ2) is 14.2. The van der Waals surface area contributed by atoms with Gasteiger partial charge in [0, 0.05) is 23.6 Å². The average Bonchev–Trinajstić information content (AvgIpc) is 3.66. The molecule has 0 fully saturated rings. The number of aromatic amines is 1. The lowest BCUT2D eigenvalue weighted by atomic mass is 9.93. The van der Waals surface area contributed by atoms with Crippen molar-refractivity contribution in [1.82, 2.24) is 30.9 Å². The molecule has 0 amide bonds. The van der Waals surface area contributed by atoms with E-state index in [4.69, 9.17) is 24.9 Å². The van der Waals surface area contributed by atoms with Crippen molar-refractivity contribution < 1.29 is 29.5 Å². The van der Waals surface area contributed by atoms with E-state index in [1.54, 1.807) is 6.08 Å². The number of hydrogen-bond donors (Lipinski definition) is 3. The molecule has 2 aromatic carbocycles. The van der Waals surface area contributed by atoms with Crippen LogP contribution >= 0.6 is 11.8 Å². The van der Waals surface area contributed by atoms with E-state index in [-0.39, 0.29) is 30.7 Å². The van der Waals surface area contributed by atoms with E-state index in [0.717, 1.165) is 22.3 Å². The summed E-state index contributed by atoms with van der Waals surface area (Å²) in [5, 5.41) is 31.3. The van der Waals surface area contributed by atoms with Crippen LogP contribution < -0.4 is 0 Å². The van der Waals surface area contributed by atoms with Crippen molar-refractivity contribution in [2.45, 2.75) is 25.6 Å². The molecule has 2 atom stereocenters. The smallest absolute Gasteiger partial charge is 0.336 e. The fourth-order valence-corrected chi connectivity index (χ4v) is 5.40. The maximum Gasteiger partial charge on any atom is 0.336 e. The number of allylic oxidation sites excluding steroid dienone is 2. The Balaban J connectivity index is 1.27. The van der Waals surface area contributed by atoms with Gasteiger partial charge >= 0.3 is 5.97 Å². The molecule has 0 saturated carbocycles. The summed E-state index contributed by atoms with van der Waals surface area (Å²) in [5.74, 6) is 1.16. The Kier molecular flexibility index (Phi) is 9.94. The van der Waals surface area contributed by atoms with Crippen molar-refractivity contribution in [2.24, 2.45) is 4.99 Å². The summed E-state index contributed by atoms with van der Waals surface area (Å²) in [4.78, 5) is 24.4. The minimum absolute atomic E-state index is 0.115. The Morgan fingerprint density at radius 3 is 2.62 bits per heavy atom. The van der Waals surface area contributed by atoms with Crippen LogP contribution in [0.4, 0.5) is 0 Å². The number of fused-ring (bicyclic) bond motifs is 1. The van der Waals surface area contributed by atoms with Gasteiger partial charge in [-0.15, -0.1) is 10.2 Å². The predicted octanol–water partition coefficient (Wildman–Crippen LogP) is 3.26. The van der Waals surface area contributed by atoms with Gasteiger partial charge in [0.05, 0.1) is 36.3 Å². The van der Waals surface area contributed by atoms with Crippen molar-refractivity contribution in [3.8, 4) is 22.5 Å². The van der Waals surface area contributed by atoms with Crippen molar-refractivity contribution >= 4 is 23.8 Å². The maximum atomic E-state index is 13.1. The number of nitrogens with zero attached hydrogens (tertiary/aromatic N) is 6. The third kappa shape index (κ3) is 7.03. The van der Waals surface area contributed by atoms with E-state index < -0.39 is 5.97 Å². The largest absolute Gasteiger partial charge is 0.465 e. The van der Waals surface area contributed by atoms with Crippen LogP contribution in [-0.4, -0.2) is 96.7 Å². The van der Waals surface area contributed by atoms with Crippen molar-refractivity contribution in [3.05, 3.63) is 77.9 Å². The van der Waals surface area contributed by atoms with Gasteiger partial charge in [-0.25, -0.2) is 14.6 Å². The molecule has 220 valence electrons. The number of amidine groups is 1. The van der Waals surface area contributed by atoms with Crippen LogP contribution in [0.25, 0.3) is 22.5 Å². The van der Waals surface area contributed by atoms with E-state index in [1.165, 1.54) is 11.8 Å². The highest BCUT2D eigenvalue weighted by Gasteiger charge is 2.42. The number of ether oxygens (including phenoxy) is 2. The molecule has 0 radical (unpaired) electrons. The maximum absolute atomic E-state index is 13.1. The highest BCUT2D eigenvalue weighted by Crippen LogP contribution is 2.33. The molecule has 0 saturated heterocycles. The predicted molar refractivity (Wildman–Crippen MR) is 154 cm³/mol. The first kappa shape index (κ1) is 29.4. The van der Waals surface area contributed by atoms with Gasteiger partial charge in [0.2, 0.25) is 5.82 Å². The van der Waals surface area contributed by atoms with Crippen LogP contribution in [0.5, 0.6) is 0 Å². The molecule has 1 aliphatic carbocycles. The Bertz CT molecular complexity index is 1430. The zero-order chi connectivity index (χ0) is 29.3. The zero-order valence-electron chi connectivity index (χ0n) is 22.9. The molecule has 14 heteroatoms. The zero-order valence-corrected chi connectivity index (χ0v) is 23.7. The molecule has 0 spiro atoms. The van der Waals surface area contributed by atoms with Gasteiger partial charge in [-0.1, -0.05) is 60.7 Å². The van der Waals surface area contributed by atoms with Gasteiger partial charge in [0.15, 0.2) is 0 Å². The van der Waals surface area contributed by atoms with Gasteiger partial charge in [0.25, 0.3) is 6.02 Å². The standard InChI is InChI=1S/C28H31N7O6S/c1-2-39-28-29-24-9-5-8-23(27(36)40-14-16-42-17-15-41-35(37)38)25(24)34(28)18-19-10-12-20(13-11-19)21-6-3-4-7-22(21)26-30-32-33-31-26/h3-13,24-25,37-38H,2,14-18H2,1H3,(H,30,31,32,33). The van der Waals surface area contributed by atoms with E-state index >= 15 is 0 Å². The van der Waals surface area contributed by atoms with E-state index in [9.17, 15) is 4.79 Å². The molecular formula is C28H31N7O6S. The number of aromatic nitrogens is 4. The summed E-state index contributed by atoms with van der Waals surface area (Å²) in [5.41, 5.74) is 4.41. The van der Waals surface area contributed by atoms with E-state index in [1.807, 2.05) is 72.5 Å². The summed E-state index contributed by atoms with van der Waals surface area (Å²) in [6, 6.07) is 15.9. The molecule has 1 aromatic heterocycles. The number of nitrogens with one attached hydrogen (secondary N) is 1. The third-order valence-corrected chi connectivity index (χ3v) is 7.51. The van der Waals surface area contributed by atoms with Gasteiger partial charge in [-0.05, 0) is 34.9 Å². The first-order valence-corrected chi connectivity index (χ1v) is 14.5. The van der Waals surface area contributed by atoms with Crippen molar-refractivity contribution in [2.75, 3.05) is 31.3 Å². The monoisotopic (exact) mass is 593 g/mol. The summed E-state index contributed by atoms with van der Waals surface area (Å²) in [6.45, 7) is 3.15. The minimum Gasteiger partial charge on any atom is -0.465 e. The van der Waals surface area contributed by atoms with Crippen LogP contribution in [0.3, 0.4) is 0 Å². The van der Waals surface area contributed by atoms with Gasteiger partial charge in [-0.3, -0.25) is 10.4 Å². The Morgan fingerprint density at radius 2 is 1.88 bits per heavy atom. The number of esters is 1. The number of thioether (sulfide) groups is 1. The molecular weight excluding hydrogens is 562 g/mol. The number of carbonyl (C=O) groups excluding carboxylic acids is 1. The summed E-state index contributed by atoms with van der Waals surface area (Å²) in [6.07, 6.45) is 5.56. The lowest BCUT2D eigenvalue weighted by molar-refractivity contribution is -0.490. The quantitative estimate of drug-likeness (QED) is 0.151. The molecule has 3 aromatic rings. The molecule has 3 N–H and O–H groups in total. The highest BCUT2D eigenvalue weighted by molar-refractivity contribution is 7.99. The Morgan fingerprint density at radius 1 is 1.10 bits per heavy atom. The van der Waals surface area contributed by atoms with Crippen molar-refractivity contribution in [1.29, 1.82) is 0 Å². The second-order valence-electron chi connectivity index (χ2n) is 9.23. The van der Waals surface area contributed by atoms with Crippen LogP contribution in [0.1, 0.15) is 12.5 Å². The molecule has 2 heterocycles. The summed E-state index contributed by atoms with van der Waals surface area (Å²) >= 11 is 1.46. The van der Waals surface area contributed by atoms with Crippen LogP contribution in [0, 0.1) is 0 Å². The van der Waals surface area contributed by atoms with E-state index in [0.29, 0.717) is 42.1 Å². The number of tetrazole rings is 1. The summed E-state index contributed by atoms with van der Waals surface area (Å²) in [7, 11) is 0. The SMILES string of the molecule is CCOC1=NC2C=CC=C(C(=O)OCCSCCON(O)O)C2N1Cc1ccc(-c2ccccc2-c2nn[nH]n2)cc1. The number of carbonyl (C=O) groups is 1. The van der Waals surface area contributed by atoms with Crippen LogP contribution in [0.2, 0.25) is 0 Å². The highest BCUT2D eigenvalue weighted by atomic mass is 32.2. The second-order valence-corrected chi connectivity index (χ2v) is 10.5. The molecule has 13 nitrogen and oxygen atoms in total. The normalized spacial score (nSPS) is 17.7. The number of hydrogen-bond acceptors (Lipinski definition) is 13. The number of rotatable bonds is 13. The third-order valence-electron chi connectivity index (χ3n) is 6.60. The molecule has 5 rings (SSSR count). The topological polar surface area (TPSA) is 159 Å². The fourth-order valence-electron chi connectivity index (χ4n) is 4.80. The number of aliphatic imine (C=N–C) groups is 1. The lowest BCUT2D eigenvalue weighted by Gasteiger charge is -2.31. The average molecular weight is 594 g/mol.